The average Bonchev–Trinajstić information content (AvgIpc) is 2.93. The first kappa shape index (κ1) is 16.0. The fourth-order valence-electron chi connectivity index (χ4n) is 3.10. The Kier molecular flexibility index (Phi) is 6.35. The van der Waals surface area contributed by atoms with Crippen molar-refractivity contribution in [2.45, 2.75) is 72.6 Å². The molecule has 0 amide bonds. The molecular weight excluding hydrogens is 230 g/mol. The summed E-state index contributed by atoms with van der Waals surface area (Å²) in [6.45, 7) is 8.90. The number of nitriles is 1. The smallest absolute Gasteiger partial charge is 0.0947 e. The Morgan fingerprint density at radius 3 is 2.32 bits per heavy atom. The quantitative estimate of drug-likeness (QED) is 0.437. The maximum absolute atomic E-state index is 9.22. The van der Waals surface area contributed by atoms with Gasteiger partial charge in [0.1, 0.15) is 0 Å². The molecule has 0 aliphatic heterocycles. The molecule has 0 aromatic rings. The van der Waals surface area contributed by atoms with Gasteiger partial charge in [-0.2, -0.15) is 5.26 Å². The van der Waals surface area contributed by atoms with E-state index >= 15 is 0 Å². The molecule has 0 radical (unpaired) electrons. The van der Waals surface area contributed by atoms with Crippen LogP contribution in [0.2, 0.25) is 0 Å². The topological polar surface area (TPSA) is 23.8 Å². The second-order valence-corrected chi connectivity index (χ2v) is 5.98. The third-order valence-corrected chi connectivity index (χ3v) is 4.81. The largest absolute Gasteiger partial charge is 0.193 e. The molecule has 1 aliphatic rings. The van der Waals surface area contributed by atoms with Crippen LogP contribution in [0.5, 0.6) is 0 Å². The maximum atomic E-state index is 9.22. The molecule has 1 unspecified atom stereocenters. The van der Waals surface area contributed by atoms with Crippen LogP contribution in [0.1, 0.15) is 72.6 Å². The molecule has 1 fully saturated rings. The van der Waals surface area contributed by atoms with Crippen molar-refractivity contribution in [3.05, 3.63) is 23.3 Å². The Labute approximate surface area is 119 Å². The second-order valence-electron chi connectivity index (χ2n) is 5.98. The van der Waals surface area contributed by atoms with Crippen LogP contribution in [0, 0.1) is 22.7 Å². The van der Waals surface area contributed by atoms with Crippen molar-refractivity contribution in [2.75, 3.05) is 0 Å². The minimum absolute atomic E-state index is 0.348. The fraction of sp³-hybridized carbons (Fsp3) is 0.722. The summed E-state index contributed by atoms with van der Waals surface area (Å²) in [6, 6.07) is 2.36. The van der Waals surface area contributed by atoms with E-state index in [1.807, 2.05) is 0 Å². The van der Waals surface area contributed by atoms with E-state index in [1.165, 1.54) is 44.1 Å². The lowest BCUT2D eigenvalue weighted by atomic mass is 9.74. The van der Waals surface area contributed by atoms with E-state index < -0.39 is 0 Å². The van der Waals surface area contributed by atoms with Crippen molar-refractivity contribution in [2.24, 2.45) is 11.3 Å². The summed E-state index contributed by atoms with van der Waals surface area (Å²) in [5, 5.41) is 9.22. The highest BCUT2D eigenvalue weighted by Gasteiger charge is 2.34. The number of rotatable bonds is 6. The molecule has 106 valence electrons. The van der Waals surface area contributed by atoms with Gasteiger partial charge in [0.2, 0.25) is 0 Å². The molecule has 0 bridgehead atoms. The van der Waals surface area contributed by atoms with Crippen LogP contribution in [0.15, 0.2) is 23.3 Å². The van der Waals surface area contributed by atoms with Gasteiger partial charge in [-0.05, 0) is 48.7 Å². The second kappa shape index (κ2) is 7.53. The van der Waals surface area contributed by atoms with Crippen LogP contribution >= 0.6 is 0 Å². The van der Waals surface area contributed by atoms with E-state index in [2.05, 4.69) is 45.9 Å². The predicted molar refractivity (Wildman–Crippen MR) is 82.7 cm³/mol. The van der Waals surface area contributed by atoms with Gasteiger partial charge in [0, 0.05) is 5.57 Å². The standard InChI is InChI=1S/C18H29N/c1-5-15(4)12-17(13-16(6-2)14-19)18(7-3)10-8-9-11-18/h12-13,15H,5-11H2,1-4H3/b16-13+,17-12+. The Morgan fingerprint density at radius 1 is 1.26 bits per heavy atom. The lowest BCUT2D eigenvalue weighted by molar-refractivity contribution is 0.358. The molecule has 1 aliphatic carbocycles. The van der Waals surface area contributed by atoms with Gasteiger partial charge in [-0.1, -0.05) is 53.0 Å². The molecule has 0 N–H and O–H groups in total. The highest BCUT2D eigenvalue weighted by Crippen LogP contribution is 2.48. The normalized spacial score (nSPS) is 21.2. The Hall–Kier alpha value is -1.03. The van der Waals surface area contributed by atoms with Crippen molar-refractivity contribution in [3.8, 4) is 6.07 Å². The SMILES string of the molecule is CC/C(C#N)=C\C(=C/C(C)CC)C1(CC)CCCC1. The number of allylic oxidation sites excluding steroid dienone is 4. The molecule has 19 heavy (non-hydrogen) atoms. The highest BCUT2D eigenvalue weighted by molar-refractivity contribution is 5.36. The summed E-state index contributed by atoms with van der Waals surface area (Å²) in [5.41, 5.74) is 2.72. The Morgan fingerprint density at radius 2 is 1.89 bits per heavy atom. The molecule has 1 saturated carbocycles. The van der Waals surface area contributed by atoms with Gasteiger partial charge in [-0.3, -0.25) is 0 Å². The molecule has 1 atom stereocenters. The number of nitrogens with zero attached hydrogens (tertiary/aromatic N) is 1. The summed E-state index contributed by atoms with van der Waals surface area (Å²) < 4.78 is 0. The first-order chi connectivity index (χ1) is 9.11. The summed E-state index contributed by atoms with van der Waals surface area (Å²) in [5.74, 6) is 0.604. The molecule has 0 heterocycles. The minimum Gasteiger partial charge on any atom is -0.193 e. The molecule has 1 rings (SSSR count). The van der Waals surface area contributed by atoms with Crippen LogP contribution in [-0.2, 0) is 0 Å². The maximum Gasteiger partial charge on any atom is 0.0947 e. The lowest BCUT2D eigenvalue weighted by Gasteiger charge is -2.30. The summed E-state index contributed by atoms with van der Waals surface area (Å²) in [4.78, 5) is 0. The van der Waals surface area contributed by atoms with Crippen molar-refractivity contribution in [3.63, 3.8) is 0 Å². The van der Waals surface area contributed by atoms with Crippen molar-refractivity contribution < 1.29 is 0 Å². The number of hydrogen-bond acceptors (Lipinski definition) is 1. The molecule has 0 spiro atoms. The van der Waals surface area contributed by atoms with E-state index in [1.54, 1.807) is 0 Å². The lowest BCUT2D eigenvalue weighted by Crippen LogP contribution is -2.18. The summed E-state index contributed by atoms with van der Waals surface area (Å²) in [7, 11) is 0. The van der Waals surface area contributed by atoms with Crippen LogP contribution in [0.4, 0.5) is 0 Å². The van der Waals surface area contributed by atoms with Crippen LogP contribution in [0.3, 0.4) is 0 Å². The Balaban J connectivity index is 3.16. The van der Waals surface area contributed by atoms with E-state index in [-0.39, 0.29) is 0 Å². The third kappa shape index (κ3) is 3.96. The van der Waals surface area contributed by atoms with Crippen molar-refractivity contribution >= 4 is 0 Å². The van der Waals surface area contributed by atoms with E-state index in [4.69, 9.17) is 0 Å². The van der Waals surface area contributed by atoms with Gasteiger partial charge in [-0.15, -0.1) is 0 Å². The highest BCUT2D eigenvalue weighted by atomic mass is 14.4. The predicted octanol–water partition coefficient (Wildman–Crippen LogP) is 5.79. The molecule has 1 heteroatoms. The minimum atomic E-state index is 0.348. The summed E-state index contributed by atoms with van der Waals surface area (Å²) >= 11 is 0. The zero-order valence-corrected chi connectivity index (χ0v) is 13.1. The first-order valence-corrected chi connectivity index (χ1v) is 7.94. The van der Waals surface area contributed by atoms with Crippen molar-refractivity contribution in [1.82, 2.24) is 0 Å². The van der Waals surface area contributed by atoms with Crippen LogP contribution in [0.25, 0.3) is 0 Å². The fourth-order valence-corrected chi connectivity index (χ4v) is 3.10. The molecule has 0 aromatic carbocycles. The van der Waals surface area contributed by atoms with Crippen LogP contribution < -0.4 is 0 Å². The van der Waals surface area contributed by atoms with Crippen LogP contribution in [-0.4, -0.2) is 0 Å². The Bertz CT molecular complexity index is 375. The molecule has 0 saturated heterocycles. The van der Waals surface area contributed by atoms with Crippen molar-refractivity contribution in [1.29, 1.82) is 5.26 Å². The zero-order chi connectivity index (χ0) is 14.3. The van der Waals surface area contributed by atoms with Gasteiger partial charge in [0.15, 0.2) is 0 Å². The zero-order valence-electron chi connectivity index (χ0n) is 13.1. The number of hydrogen-bond donors (Lipinski definition) is 0. The van der Waals surface area contributed by atoms with Gasteiger partial charge in [0.05, 0.1) is 6.07 Å². The molecular formula is C18H29N. The monoisotopic (exact) mass is 259 g/mol. The molecule has 0 aromatic heterocycles. The van der Waals surface area contributed by atoms with E-state index in [9.17, 15) is 5.26 Å². The van der Waals surface area contributed by atoms with Gasteiger partial charge in [0.25, 0.3) is 0 Å². The third-order valence-electron chi connectivity index (χ3n) is 4.81. The van der Waals surface area contributed by atoms with E-state index in [0.717, 1.165) is 12.0 Å². The summed E-state index contributed by atoms with van der Waals surface area (Å²) in [6.07, 6.45) is 13.1. The van der Waals surface area contributed by atoms with Gasteiger partial charge >= 0.3 is 0 Å². The first-order valence-electron chi connectivity index (χ1n) is 7.94. The van der Waals surface area contributed by atoms with Gasteiger partial charge < -0.3 is 0 Å². The average molecular weight is 259 g/mol. The van der Waals surface area contributed by atoms with Gasteiger partial charge in [-0.25, -0.2) is 0 Å². The molecule has 1 nitrogen and oxygen atoms in total. The van der Waals surface area contributed by atoms with E-state index in [0.29, 0.717) is 11.3 Å².